The second-order valence-corrected chi connectivity index (χ2v) is 26.4. The van der Waals surface area contributed by atoms with Crippen LogP contribution in [0.25, 0.3) is 0 Å². The van der Waals surface area contributed by atoms with Crippen LogP contribution in [0.5, 0.6) is 0 Å². The van der Waals surface area contributed by atoms with E-state index in [9.17, 15) is 81.8 Å². The van der Waals surface area contributed by atoms with Crippen molar-refractivity contribution in [3.8, 4) is 0 Å². The van der Waals surface area contributed by atoms with Crippen LogP contribution >= 0.6 is 0 Å². The van der Waals surface area contributed by atoms with Gasteiger partial charge in [0.05, 0.1) is 19.6 Å². The predicted molar refractivity (Wildman–Crippen MR) is 382 cm³/mol. The van der Waals surface area contributed by atoms with Crippen molar-refractivity contribution in [2.75, 3.05) is 32.8 Å². The smallest absolute Gasteiger partial charge is 0.248 e. The number of unbranched alkanes of at least 4 members (excludes halogenated alkanes) is 3. The van der Waals surface area contributed by atoms with Gasteiger partial charge >= 0.3 is 0 Å². The van der Waals surface area contributed by atoms with E-state index < -0.39 is 181 Å². The molecule has 1 aliphatic rings. The number of benzene rings is 1. The lowest BCUT2D eigenvalue weighted by Crippen LogP contribution is -2.59. The molecule has 1 aromatic rings. The van der Waals surface area contributed by atoms with Gasteiger partial charge < -0.3 is 107 Å². The van der Waals surface area contributed by atoms with Gasteiger partial charge in [-0.25, -0.2) is 0 Å². The summed E-state index contributed by atoms with van der Waals surface area (Å²) in [7, 11) is 0. The van der Waals surface area contributed by atoms with Crippen molar-refractivity contribution in [2.45, 2.75) is 218 Å². The largest absolute Gasteiger partial charge is 0.396 e. The fourth-order valence-corrected chi connectivity index (χ4v) is 10.4. The summed E-state index contributed by atoms with van der Waals surface area (Å²) in [5.74, 6) is -14.5. The number of aliphatic hydroxyl groups excluding tert-OH is 2. The Balaban J connectivity index is 2.19. The number of hydrogen-bond acceptors (Lipinski definition) is 20. The number of likely N-dealkylation sites (tertiary alicyclic amines) is 1. The van der Waals surface area contributed by atoms with Crippen molar-refractivity contribution < 1.29 is 86.9 Å². The number of carbonyl (C=O) groups is 16. The summed E-state index contributed by atoms with van der Waals surface area (Å²) in [5, 5.41) is 51.2. The lowest BCUT2D eigenvalue weighted by Gasteiger charge is -2.27. The minimum absolute atomic E-state index is 0.00606. The van der Waals surface area contributed by atoms with Crippen LogP contribution in [-0.2, 0) is 83.1 Å². The summed E-state index contributed by atoms with van der Waals surface area (Å²) in [6.45, 7) is 15.2. The molecule has 23 N–H and O–H groups in total. The number of amides is 16. The fourth-order valence-electron chi connectivity index (χ4n) is 10.4. The quantitative estimate of drug-likeness (QED) is 0.0272. The van der Waals surface area contributed by atoms with Crippen LogP contribution in [0.3, 0.4) is 0 Å². The molecule has 11 atom stereocenters. The molecule has 16 amide bonds. The van der Waals surface area contributed by atoms with Crippen molar-refractivity contribution in [2.24, 2.45) is 40.7 Å². The van der Waals surface area contributed by atoms with Crippen molar-refractivity contribution in [3.63, 3.8) is 0 Å². The Morgan fingerprint density at radius 2 is 1.00 bits per heavy atom. The molecule has 0 aromatic heterocycles. The first-order chi connectivity index (χ1) is 49.8. The Morgan fingerprint density at radius 3 is 1.56 bits per heavy atom. The molecule has 36 heteroatoms. The van der Waals surface area contributed by atoms with E-state index in [0.717, 1.165) is 17.9 Å². The molecule has 1 fully saturated rings. The zero-order chi connectivity index (χ0) is 78.7. The number of aliphatic hydroxyl groups is 2. The molecule has 0 bridgehead atoms. The molecule has 1 heterocycles. The normalized spacial score (nSPS) is 15.4. The van der Waals surface area contributed by atoms with E-state index in [1.54, 1.807) is 64.6 Å². The Bertz CT molecular complexity index is 3040. The zero-order valence-electron chi connectivity index (χ0n) is 61.0. The van der Waals surface area contributed by atoms with Crippen LogP contribution in [0.1, 0.15) is 157 Å². The summed E-state index contributed by atoms with van der Waals surface area (Å²) in [4.78, 5) is 215. The monoisotopic (exact) mass is 1480 g/mol. The highest BCUT2D eigenvalue weighted by atomic mass is 16.3. The molecule has 1 aromatic carbocycles. The molecule has 1 saturated heterocycles. The molecule has 105 heavy (non-hydrogen) atoms. The molecule has 2 rings (SSSR count). The third kappa shape index (κ3) is 36.7. The first-order valence-electron chi connectivity index (χ1n) is 35.4. The molecule has 585 valence electrons. The van der Waals surface area contributed by atoms with Crippen LogP contribution < -0.4 is 92.1 Å². The highest BCUT2D eigenvalue weighted by molar-refractivity contribution is 6.02. The Labute approximate surface area is 613 Å². The number of nitrogens with zero attached hydrogens (tertiary/aromatic N) is 1. The maximum Gasteiger partial charge on any atom is 0.248 e. The summed E-state index contributed by atoms with van der Waals surface area (Å²) in [5.41, 5.74) is 22.7. The lowest BCUT2D eigenvalue weighted by atomic mass is 10.0. The second kappa shape index (κ2) is 50.1. The second-order valence-electron chi connectivity index (χ2n) is 26.4. The van der Waals surface area contributed by atoms with E-state index in [2.05, 4.69) is 69.1 Å². The predicted octanol–water partition coefficient (Wildman–Crippen LogP) is -4.78. The van der Waals surface area contributed by atoms with E-state index in [1.807, 2.05) is 13.8 Å². The average Bonchev–Trinajstić information content (AvgIpc) is 1.69. The van der Waals surface area contributed by atoms with Gasteiger partial charge in [-0.05, 0) is 127 Å². The Hall–Kier alpha value is -9.42. The van der Waals surface area contributed by atoms with E-state index in [-0.39, 0.29) is 88.9 Å². The molecule has 0 unspecified atom stereocenters. The third-order valence-corrected chi connectivity index (χ3v) is 16.4. The minimum Gasteiger partial charge on any atom is -0.396 e. The van der Waals surface area contributed by atoms with E-state index in [4.69, 9.17) is 28.0 Å². The zero-order valence-corrected chi connectivity index (χ0v) is 61.0. The maximum atomic E-state index is 14.4. The number of carbonyl (C=O) groups excluding carboxylic acids is 16. The summed E-state index contributed by atoms with van der Waals surface area (Å²) in [6, 6.07) is -5.23. The van der Waals surface area contributed by atoms with Gasteiger partial charge in [-0.1, -0.05) is 78.3 Å². The van der Waals surface area contributed by atoms with Gasteiger partial charge in [0.1, 0.15) is 80.1 Å². The maximum absolute atomic E-state index is 14.4. The Kier molecular flexibility index (Phi) is 43.7. The molecule has 0 spiro atoms. The molecule has 0 aliphatic carbocycles. The van der Waals surface area contributed by atoms with Crippen molar-refractivity contribution in [1.29, 1.82) is 0 Å². The highest BCUT2D eigenvalue weighted by Crippen LogP contribution is 2.20. The lowest BCUT2D eigenvalue weighted by molar-refractivity contribution is -0.138. The van der Waals surface area contributed by atoms with Crippen molar-refractivity contribution in [3.05, 3.63) is 68.5 Å². The summed E-state index contributed by atoms with van der Waals surface area (Å²) >= 11 is 0. The molecule has 0 saturated carbocycles. The topological polar surface area (TPSA) is 577 Å². The third-order valence-electron chi connectivity index (χ3n) is 16.4. The average molecular weight is 1480 g/mol. The van der Waals surface area contributed by atoms with Gasteiger partial charge in [-0.2, -0.15) is 0 Å². The number of nitrogens with two attached hydrogens (primary N) is 4. The van der Waals surface area contributed by atoms with Gasteiger partial charge in [0.15, 0.2) is 0 Å². The summed E-state index contributed by atoms with van der Waals surface area (Å²) < 4.78 is 0. The number of rotatable bonds is 52. The number of hydrogen-bond donors (Lipinski definition) is 19. The SMILES string of the molecule is CC[C@H](C)[CH]NC(=O)[C@H](C)NC(=O)[C@H](CC(N)=O)NC(=O)[C@H](CCCCN)NC(=O)[C@H](Cc1ccccc1)NC(=O)[C@H](CC(C)C)NC(=O)[CH]NC(=O)[CH]NC(=O)[C@H](CC(C)C)NC(=O)[C@@H]1CCCN1C(=O)[CH]NC(=O)[C@H](CCC(N)=O)NC(=O)[C@H](CO)NC(=O)[C@H](CCCCN)NC(=O)[CH]CCCO. The van der Waals surface area contributed by atoms with Gasteiger partial charge in [-0.15, -0.1) is 0 Å². The van der Waals surface area contributed by atoms with E-state index in [0.29, 0.717) is 57.2 Å². The van der Waals surface area contributed by atoms with Crippen molar-refractivity contribution >= 4 is 94.5 Å². The van der Waals surface area contributed by atoms with Gasteiger partial charge in [0, 0.05) is 32.4 Å². The van der Waals surface area contributed by atoms with Crippen LogP contribution in [-0.4, -0.2) is 203 Å². The first-order valence-corrected chi connectivity index (χ1v) is 35.4. The Morgan fingerprint density at radius 1 is 0.505 bits per heavy atom. The van der Waals surface area contributed by atoms with Gasteiger partial charge in [-0.3, -0.25) is 76.7 Å². The van der Waals surface area contributed by atoms with Crippen LogP contribution in [0, 0.1) is 50.4 Å². The van der Waals surface area contributed by atoms with Crippen LogP contribution in [0.15, 0.2) is 30.3 Å². The molecule has 5 radical (unpaired) electrons. The number of nitrogens with one attached hydrogen (secondary N) is 13. The number of primary amides is 2. The summed E-state index contributed by atoms with van der Waals surface area (Å²) in [6.07, 6.45) is 2.96. The molecule has 36 nitrogen and oxygen atoms in total. The van der Waals surface area contributed by atoms with E-state index >= 15 is 0 Å². The van der Waals surface area contributed by atoms with Gasteiger partial charge in [0.2, 0.25) is 94.5 Å². The van der Waals surface area contributed by atoms with E-state index in [1.165, 1.54) is 13.3 Å². The first kappa shape index (κ1) is 91.7. The van der Waals surface area contributed by atoms with Crippen LogP contribution in [0.4, 0.5) is 0 Å². The molecular weight excluding hydrogens is 1370 g/mol. The minimum atomic E-state index is -1.68. The standard InChI is InChI=1S/C69H111N18O18/c1-8-42(6)35-75-60(96)43(7)78-65(101)51(34-55(73)91)84-64(100)46(22-13-16-28-71)81-67(103)50(33-44-19-10-9-11-20-44)83-66(102)49(32-41(4)5)80-58(94)37-74-57(93)36-76-62(98)48(31-40(2)3)85-69(105)53-23-18-29-87(53)59(95)38-77-61(97)47(25-26-54(72)90)82-68(104)52(39-89)86-63(99)45(21-12-15-27-70)79-56(92)24-14-17-30-88/h9-11,19-20,24,35-38,40-43,45-53,88-89H,8,12-18,21-23,25-34,39,70-71H2,1-7H3,(H2,72,90)(H2,73,91)(H,74,93)(H,75,96)(H,76,98)(H,77,97)(H,78,101)(H,79,92)(H,80,94)(H,81,103)(H,82,104)(H,83,102)(H,84,100)(H,85,105)(H,86,99)/t42-,43-,45-,46-,47-,48-,49-,50-,51-,52-,53-/m0/s1. The highest BCUT2D eigenvalue weighted by Gasteiger charge is 2.39. The molecular formula is C69H111N18O18. The fraction of sp³-hybridized carbons (Fsp3) is 0.609. The van der Waals surface area contributed by atoms with Gasteiger partial charge in [0.25, 0.3) is 0 Å². The van der Waals surface area contributed by atoms with Crippen molar-refractivity contribution in [1.82, 2.24) is 74.0 Å². The van der Waals surface area contributed by atoms with Crippen LogP contribution in [0.2, 0.25) is 0 Å². The molecule has 1 aliphatic heterocycles.